The summed E-state index contributed by atoms with van der Waals surface area (Å²) in [5, 5.41) is 6.46. The first-order chi connectivity index (χ1) is 29.5. The molecule has 0 atom stereocenters. The van der Waals surface area contributed by atoms with Crippen LogP contribution in [0.25, 0.3) is 120 Å². The van der Waals surface area contributed by atoms with Gasteiger partial charge in [0.05, 0.1) is 0 Å². The molecule has 1 aliphatic carbocycles. The van der Waals surface area contributed by atoms with Crippen molar-refractivity contribution in [3.05, 3.63) is 175 Å². The highest BCUT2D eigenvalue weighted by atomic mass is 32.1. The van der Waals surface area contributed by atoms with E-state index in [2.05, 4.69) is 147 Å². The fourth-order valence-electron chi connectivity index (χ4n) is 9.65. The lowest BCUT2D eigenvalue weighted by molar-refractivity contribution is 0.660. The van der Waals surface area contributed by atoms with Crippen molar-refractivity contribution >= 4 is 75.4 Å². The topological polar surface area (TPSA) is 65.0 Å². The van der Waals surface area contributed by atoms with E-state index >= 15 is 0 Å². The second kappa shape index (κ2) is 12.3. The van der Waals surface area contributed by atoms with Gasteiger partial charge in [0.2, 0.25) is 0 Å². The molecule has 0 unspecified atom stereocenters. The molecule has 4 heterocycles. The lowest BCUT2D eigenvalue weighted by Crippen LogP contribution is -2.14. The Balaban J connectivity index is 1.02. The Morgan fingerprint density at radius 3 is 1.88 bits per heavy atom. The summed E-state index contributed by atoms with van der Waals surface area (Å²) in [6.45, 7) is 4.65. The summed E-state index contributed by atoms with van der Waals surface area (Å²) in [6.07, 6.45) is 0. The number of hydrogen-bond acceptors (Lipinski definition) is 6. The Morgan fingerprint density at radius 2 is 0.983 bits per heavy atom. The molecular weight excluding hydrogens is 755 g/mol. The molecule has 5 nitrogen and oxygen atoms in total. The van der Waals surface area contributed by atoms with Crippen LogP contribution in [0.2, 0.25) is 0 Å². The van der Waals surface area contributed by atoms with Crippen molar-refractivity contribution in [2.24, 2.45) is 0 Å². The van der Waals surface area contributed by atoms with Gasteiger partial charge in [0.15, 0.2) is 17.5 Å². The van der Waals surface area contributed by atoms with Crippen LogP contribution in [0.1, 0.15) is 25.0 Å². The minimum absolute atomic E-state index is 0.0930. The summed E-state index contributed by atoms with van der Waals surface area (Å²) in [5.74, 6) is 1.76. The third-order valence-electron chi connectivity index (χ3n) is 12.6. The monoisotopic (exact) mass is 787 g/mol. The number of hydrogen-bond donors (Lipinski definition) is 0. The van der Waals surface area contributed by atoms with Crippen LogP contribution in [0.5, 0.6) is 0 Å². The van der Waals surface area contributed by atoms with E-state index in [9.17, 15) is 0 Å². The minimum atomic E-state index is -0.0930. The second-order valence-electron chi connectivity index (χ2n) is 16.3. The van der Waals surface area contributed by atoms with E-state index < -0.39 is 0 Å². The van der Waals surface area contributed by atoms with Crippen LogP contribution in [0.3, 0.4) is 0 Å². The molecule has 0 aliphatic heterocycles. The zero-order chi connectivity index (χ0) is 39.7. The van der Waals surface area contributed by atoms with Crippen LogP contribution in [-0.2, 0) is 5.41 Å². The Bertz CT molecular complexity index is 3770. The third kappa shape index (κ3) is 4.82. The number of thiophene rings is 1. The van der Waals surface area contributed by atoms with E-state index in [0.29, 0.717) is 17.5 Å². The molecule has 0 saturated carbocycles. The predicted octanol–water partition coefficient (Wildman–Crippen LogP) is 15.0. The first-order valence-corrected chi connectivity index (χ1v) is 21.1. The van der Waals surface area contributed by atoms with Gasteiger partial charge in [-0.2, -0.15) is 0 Å². The first-order valence-electron chi connectivity index (χ1n) is 20.3. The van der Waals surface area contributed by atoms with Crippen molar-refractivity contribution < 1.29 is 8.83 Å². The molecule has 0 N–H and O–H groups in total. The third-order valence-corrected chi connectivity index (χ3v) is 13.7. The Kier molecular flexibility index (Phi) is 6.88. The lowest BCUT2D eigenvalue weighted by Gasteiger charge is -2.22. The highest BCUT2D eigenvalue weighted by molar-refractivity contribution is 7.25. The summed E-state index contributed by atoms with van der Waals surface area (Å²) >= 11 is 1.79. The summed E-state index contributed by atoms with van der Waals surface area (Å²) in [4.78, 5) is 15.9. The normalized spacial score (nSPS) is 13.3. The summed E-state index contributed by atoms with van der Waals surface area (Å²) in [6, 6.07) is 57.7. The average molecular weight is 788 g/mol. The lowest BCUT2D eigenvalue weighted by atomic mass is 9.81. The highest BCUT2D eigenvalue weighted by Gasteiger charge is 2.35. The van der Waals surface area contributed by atoms with Gasteiger partial charge >= 0.3 is 0 Å². The van der Waals surface area contributed by atoms with Crippen LogP contribution in [0, 0.1) is 0 Å². The smallest absolute Gasteiger partial charge is 0.164 e. The highest BCUT2D eigenvalue weighted by Crippen LogP contribution is 2.50. The Morgan fingerprint density at radius 1 is 0.383 bits per heavy atom. The van der Waals surface area contributed by atoms with Crippen molar-refractivity contribution in [2.75, 3.05) is 0 Å². The van der Waals surface area contributed by atoms with Gasteiger partial charge in [-0.3, -0.25) is 0 Å². The molecule has 8 aromatic carbocycles. The predicted molar refractivity (Wildman–Crippen MR) is 247 cm³/mol. The van der Waals surface area contributed by atoms with Gasteiger partial charge in [-0.1, -0.05) is 123 Å². The molecule has 0 saturated heterocycles. The fraction of sp³-hybridized carbons (Fsp3) is 0.0556. The number of fused-ring (bicyclic) bond motifs is 12. The first kappa shape index (κ1) is 33.6. The Labute approximate surface area is 348 Å². The molecule has 282 valence electrons. The quantitative estimate of drug-likeness (QED) is 0.178. The molecule has 0 radical (unpaired) electrons. The maximum atomic E-state index is 6.57. The number of nitrogens with zero attached hydrogens (tertiary/aromatic N) is 3. The summed E-state index contributed by atoms with van der Waals surface area (Å²) in [5.41, 5.74) is 13.5. The van der Waals surface area contributed by atoms with Gasteiger partial charge in [0.25, 0.3) is 0 Å². The van der Waals surface area contributed by atoms with Crippen molar-refractivity contribution in [2.45, 2.75) is 19.3 Å². The fourth-order valence-corrected chi connectivity index (χ4v) is 10.8. The van der Waals surface area contributed by atoms with Crippen molar-refractivity contribution in [1.29, 1.82) is 0 Å². The van der Waals surface area contributed by atoms with Gasteiger partial charge < -0.3 is 8.83 Å². The summed E-state index contributed by atoms with van der Waals surface area (Å²) in [7, 11) is 0. The van der Waals surface area contributed by atoms with Crippen LogP contribution < -0.4 is 0 Å². The van der Waals surface area contributed by atoms with E-state index in [4.69, 9.17) is 23.8 Å². The molecule has 1 aliphatic rings. The van der Waals surface area contributed by atoms with Crippen LogP contribution in [0.4, 0.5) is 0 Å². The SMILES string of the molecule is CC1(C)c2ccccc2-c2ccc(-c3ccc4oc5cccc(-c6nc(-c7ccc8c(c7)oc7ccccc78)nc(-c7cccc8sc9ccccc9c78)n6)c5c4c3)cc21. The van der Waals surface area contributed by atoms with E-state index in [-0.39, 0.29) is 5.41 Å². The largest absolute Gasteiger partial charge is 0.456 e. The zero-order valence-electron chi connectivity index (χ0n) is 32.7. The molecule has 6 heteroatoms. The van der Waals surface area contributed by atoms with Crippen molar-refractivity contribution in [1.82, 2.24) is 15.0 Å². The Hall–Kier alpha value is -7.41. The van der Waals surface area contributed by atoms with E-state index in [1.165, 1.54) is 42.6 Å². The molecule has 4 aromatic heterocycles. The van der Waals surface area contributed by atoms with Crippen LogP contribution >= 0.6 is 11.3 Å². The molecule has 0 bridgehead atoms. The average Bonchev–Trinajstić information content (AvgIpc) is 4.03. The minimum Gasteiger partial charge on any atom is -0.456 e. The number of furan rings is 2. The molecule has 0 amide bonds. The molecule has 13 rings (SSSR count). The van der Waals surface area contributed by atoms with Gasteiger partial charge in [-0.25, -0.2) is 15.0 Å². The number of aromatic nitrogens is 3. The van der Waals surface area contributed by atoms with E-state index in [1.54, 1.807) is 11.3 Å². The van der Waals surface area contributed by atoms with Gasteiger partial charge in [-0.15, -0.1) is 11.3 Å². The second-order valence-corrected chi connectivity index (χ2v) is 17.4. The van der Waals surface area contributed by atoms with E-state index in [0.717, 1.165) is 71.5 Å². The summed E-state index contributed by atoms with van der Waals surface area (Å²) < 4.78 is 15.3. The van der Waals surface area contributed by atoms with Crippen LogP contribution in [0.15, 0.2) is 173 Å². The zero-order valence-corrected chi connectivity index (χ0v) is 33.5. The molecule has 0 spiro atoms. The molecule has 12 aromatic rings. The van der Waals surface area contributed by atoms with E-state index in [1.807, 2.05) is 30.3 Å². The molecule has 60 heavy (non-hydrogen) atoms. The maximum absolute atomic E-state index is 6.57. The van der Waals surface area contributed by atoms with Crippen molar-refractivity contribution in [3.8, 4) is 56.4 Å². The number of benzene rings is 8. The number of para-hydroxylation sites is 1. The standard InChI is InChI=1S/C54H33N3O2S/c1-54(2)41-16-6-3-11-33(41)34-24-21-31(28-42(34)54)30-23-26-44-40(27-30)49-38(14-9-18-45(49)58-44)52-55-51(32-22-25-36-35-12-4-7-17-43(35)59-46(36)29-32)56-53(57-52)39-15-10-20-48-50(39)37-13-5-8-19-47(37)60-48/h3-29H,1-2H3. The van der Waals surface area contributed by atoms with Crippen LogP contribution in [-0.4, -0.2) is 15.0 Å². The van der Waals surface area contributed by atoms with Crippen molar-refractivity contribution in [3.63, 3.8) is 0 Å². The number of rotatable bonds is 4. The molecule has 0 fully saturated rings. The van der Waals surface area contributed by atoms with Gasteiger partial charge in [-0.05, 0) is 88.0 Å². The van der Waals surface area contributed by atoms with Gasteiger partial charge in [0.1, 0.15) is 22.3 Å². The van der Waals surface area contributed by atoms with Gasteiger partial charge in [0, 0.05) is 63.8 Å². The maximum Gasteiger partial charge on any atom is 0.164 e. The molecular formula is C54H33N3O2S.